The average Bonchev–Trinajstić information content (AvgIpc) is 2.47. The van der Waals surface area contributed by atoms with E-state index in [2.05, 4.69) is 39.1 Å². The second kappa shape index (κ2) is 3.15. The van der Waals surface area contributed by atoms with Crippen LogP contribution in [0.5, 0.6) is 0 Å². The molecule has 0 radical (unpaired) electrons. The van der Waals surface area contributed by atoms with Gasteiger partial charge in [-0.1, -0.05) is 34.1 Å². The van der Waals surface area contributed by atoms with Gasteiger partial charge in [-0.3, -0.25) is 0 Å². The highest BCUT2D eigenvalue weighted by atomic mass is 79.9. The van der Waals surface area contributed by atoms with Crippen LogP contribution in [-0.2, 0) is 0 Å². The largest absolute Gasteiger partial charge is 0.355 e. The van der Waals surface area contributed by atoms with Gasteiger partial charge in [-0.2, -0.15) is 0 Å². The molecule has 0 spiro atoms. The molecule has 0 unspecified atom stereocenters. The molecule has 0 saturated heterocycles. The Balaban J connectivity index is 2.62. The molecule has 0 bridgehead atoms. The van der Waals surface area contributed by atoms with Crippen molar-refractivity contribution in [2.75, 3.05) is 0 Å². The van der Waals surface area contributed by atoms with Gasteiger partial charge in [0, 0.05) is 11.2 Å². The topological polar surface area (TPSA) is 15.8 Å². The van der Waals surface area contributed by atoms with Crippen molar-refractivity contribution in [3.63, 3.8) is 0 Å². The number of aromatic amines is 1. The van der Waals surface area contributed by atoms with Crippen LogP contribution in [0.15, 0.2) is 35.3 Å². The van der Waals surface area contributed by atoms with Crippen LogP contribution >= 0.6 is 15.9 Å². The van der Waals surface area contributed by atoms with E-state index in [0.717, 1.165) is 5.69 Å². The van der Waals surface area contributed by atoms with E-state index in [0.29, 0.717) is 0 Å². The summed E-state index contributed by atoms with van der Waals surface area (Å²) in [6.07, 6.45) is 1.99. The highest BCUT2D eigenvalue weighted by Crippen LogP contribution is 2.15. The maximum Gasteiger partial charge on any atom is 0.0458 e. The van der Waals surface area contributed by atoms with E-state index in [1.54, 1.807) is 0 Å². The second-order valence-corrected chi connectivity index (χ2v) is 3.13. The number of para-hydroxylation sites is 1. The monoisotopic (exact) mass is 221 g/mol. The van der Waals surface area contributed by atoms with E-state index in [4.69, 9.17) is 0 Å². The number of aromatic nitrogens is 1. The molecule has 1 aromatic carbocycles. The molecule has 0 aliphatic rings. The van der Waals surface area contributed by atoms with Gasteiger partial charge in [0.25, 0.3) is 0 Å². The Morgan fingerprint density at radius 1 is 1.25 bits per heavy atom. The van der Waals surface area contributed by atoms with E-state index >= 15 is 0 Å². The number of benzene rings is 1. The lowest BCUT2D eigenvalue weighted by Gasteiger charge is -1.83. The summed E-state index contributed by atoms with van der Waals surface area (Å²) in [6, 6.07) is 10.4. The fraction of sp³-hybridized carbons (Fsp3) is 0. The van der Waals surface area contributed by atoms with Crippen molar-refractivity contribution in [1.82, 2.24) is 4.98 Å². The Labute approximate surface area is 79.2 Å². The lowest BCUT2D eigenvalue weighted by molar-refractivity contribution is 1.43. The third-order valence-corrected chi connectivity index (χ3v) is 2.06. The molecule has 2 aromatic rings. The number of nitrogens with one attached hydrogen (secondary N) is 1. The molecule has 0 amide bonds. The Hall–Kier alpha value is -1.02. The van der Waals surface area contributed by atoms with Crippen molar-refractivity contribution < 1.29 is 0 Å². The second-order valence-electron chi connectivity index (χ2n) is 2.60. The number of hydrogen-bond donors (Lipinski definition) is 1. The number of fused-ring (bicyclic) bond motifs is 1. The molecule has 1 aromatic heterocycles. The van der Waals surface area contributed by atoms with Gasteiger partial charge in [0.05, 0.1) is 0 Å². The summed E-state index contributed by atoms with van der Waals surface area (Å²) >= 11 is 3.24. The van der Waals surface area contributed by atoms with Crippen molar-refractivity contribution in [2.24, 2.45) is 0 Å². The zero-order valence-corrected chi connectivity index (χ0v) is 8.01. The first-order chi connectivity index (χ1) is 5.90. The lowest BCUT2D eigenvalue weighted by atomic mass is 10.2. The predicted molar refractivity (Wildman–Crippen MR) is 56.3 cm³/mol. The average molecular weight is 222 g/mol. The van der Waals surface area contributed by atoms with Crippen molar-refractivity contribution in [3.05, 3.63) is 41.0 Å². The quantitative estimate of drug-likeness (QED) is 0.759. The Bertz CT molecular complexity index is 381. The molecule has 2 heteroatoms. The van der Waals surface area contributed by atoms with Crippen LogP contribution in [-0.4, -0.2) is 4.98 Å². The first-order valence-electron chi connectivity index (χ1n) is 3.74. The number of halogens is 1. The third kappa shape index (κ3) is 1.30. The van der Waals surface area contributed by atoms with Gasteiger partial charge in [-0.25, -0.2) is 0 Å². The first-order valence-corrected chi connectivity index (χ1v) is 4.66. The minimum atomic E-state index is 1.12. The van der Waals surface area contributed by atoms with Gasteiger partial charge in [0.15, 0.2) is 0 Å². The fourth-order valence-corrected chi connectivity index (χ4v) is 1.54. The lowest BCUT2D eigenvalue weighted by Crippen LogP contribution is -1.66. The van der Waals surface area contributed by atoms with Crippen LogP contribution in [0.4, 0.5) is 0 Å². The van der Waals surface area contributed by atoms with Crippen LogP contribution in [0.25, 0.3) is 17.0 Å². The summed E-state index contributed by atoms with van der Waals surface area (Å²) < 4.78 is 0. The molecule has 0 fully saturated rings. The van der Waals surface area contributed by atoms with Crippen molar-refractivity contribution in [3.8, 4) is 0 Å². The van der Waals surface area contributed by atoms with Crippen molar-refractivity contribution in [1.29, 1.82) is 0 Å². The first kappa shape index (κ1) is 7.62. The highest BCUT2D eigenvalue weighted by molar-refractivity contribution is 9.11. The van der Waals surface area contributed by atoms with E-state index in [1.165, 1.54) is 10.9 Å². The molecular weight excluding hydrogens is 214 g/mol. The molecule has 0 saturated carbocycles. The zero-order valence-electron chi connectivity index (χ0n) is 6.42. The summed E-state index contributed by atoms with van der Waals surface area (Å²) in [5.74, 6) is 0. The summed E-state index contributed by atoms with van der Waals surface area (Å²) in [7, 11) is 0. The predicted octanol–water partition coefficient (Wildman–Crippen LogP) is 3.53. The molecule has 2 rings (SSSR count). The minimum absolute atomic E-state index is 1.12. The summed E-state index contributed by atoms with van der Waals surface area (Å²) in [4.78, 5) is 5.12. The number of hydrogen-bond acceptors (Lipinski definition) is 0. The van der Waals surface area contributed by atoms with Gasteiger partial charge < -0.3 is 4.98 Å². The summed E-state index contributed by atoms with van der Waals surface area (Å²) in [5.41, 5.74) is 2.30. The van der Waals surface area contributed by atoms with E-state index in [9.17, 15) is 0 Å². The van der Waals surface area contributed by atoms with Crippen LogP contribution in [0.1, 0.15) is 5.69 Å². The van der Waals surface area contributed by atoms with Crippen LogP contribution in [0.3, 0.4) is 0 Å². The Morgan fingerprint density at radius 3 is 2.83 bits per heavy atom. The molecule has 0 atom stereocenters. The molecule has 1 heterocycles. The molecule has 0 aliphatic heterocycles. The van der Waals surface area contributed by atoms with Gasteiger partial charge in [0.2, 0.25) is 0 Å². The van der Waals surface area contributed by atoms with E-state index in [-0.39, 0.29) is 0 Å². The molecule has 1 nitrogen and oxygen atoms in total. The van der Waals surface area contributed by atoms with Gasteiger partial charge in [0.1, 0.15) is 0 Å². The maximum atomic E-state index is 3.28. The SMILES string of the molecule is BrC=Cc1cc2ccccc2[nH]1. The van der Waals surface area contributed by atoms with Crippen LogP contribution < -0.4 is 0 Å². The van der Waals surface area contributed by atoms with Gasteiger partial charge in [-0.05, 0) is 28.6 Å². The molecule has 1 N–H and O–H groups in total. The van der Waals surface area contributed by atoms with Crippen molar-refractivity contribution in [2.45, 2.75) is 0 Å². The molecule has 12 heavy (non-hydrogen) atoms. The van der Waals surface area contributed by atoms with Crippen molar-refractivity contribution >= 4 is 32.9 Å². The van der Waals surface area contributed by atoms with E-state index in [1.807, 2.05) is 23.2 Å². The van der Waals surface area contributed by atoms with Crippen LogP contribution in [0, 0.1) is 0 Å². The molecule has 0 aliphatic carbocycles. The maximum absolute atomic E-state index is 3.28. The minimum Gasteiger partial charge on any atom is -0.355 e. The number of H-pyrrole nitrogens is 1. The Morgan fingerprint density at radius 2 is 2.08 bits per heavy atom. The van der Waals surface area contributed by atoms with Gasteiger partial charge >= 0.3 is 0 Å². The Kier molecular flexibility index (Phi) is 2.00. The third-order valence-electron chi connectivity index (χ3n) is 1.79. The summed E-state index contributed by atoms with van der Waals surface area (Å²) in [6.45, 7) is 0. The number of rotatable bonds is 1. The van der Waals surface area contributed by atoms with Crippen LogP contribution in [0.2, 0.25) is 0 Å². The zero-order chi connectivity index (χ0) is 8.39. The van der Waals surface area contributed by atoms with Gasteiger partial charge in [-0.15, -0.1) is 0 Å². The standard InChI is InChI=1S/C10H8BrN/c11-6-5-9-7-8-3-1-2-4-10(8)12-9/h1-7,12H. The molecule has 60 valence electrons. The smallest absolute Gasteiger partial charge is 0.0458 e. The molecular formula is C10H8BrN. The van der Waals surface area contributed by atoms with E-state index < -0.39 is 0 Å². The normalized spacial score (nSPS) is 11.4. The summed E-state index contributed by atoms with van der Waals surface area (Å²) in [5, 5.41) is 1.25. The highest BCUT2D eigenvalue weighted by Gasteiger charge is 1.94. The fourth-order valence-electron chi connectivity index (χ4n) is 1.25.